The van der Waals surface area contributed by atoms with Gasteiger partial charge in [0.1, 0.15) is 5.69 Å². The van der Waals surface area contributed by atoms with E-state index in [1.54, 1.807) is 12.1 Å². The number of rotatable bonds is 2. The van der Waals surface area contributed by atoms with Gasteiger partial charge in [-0.05, 0) is 24.3 Å². The van der Waals surface area contributed by atoms with Gasteiger partial charge in [-0.2, -0.15) is 0 Å². The van der Waals surface area contributed by atoms with Crippen LogP contribution in [0.2, 0.25) is 0 Å². The topological polar surface area (TPSA) is 59.5 Å². The molecule has 0 atom stereocenters. The van der Waals surface area contributed by atoms with E-state index in [1.165, 1.54) is 0 Å². The lowest BCUT2D eigenvalue weighted by Crippen LogP contribution is -2.25. The van der Waals surface area contributed by atoms with Crippen molar-refractivity contribution >= 4 is 29.7 Å². The molecular formula is C11H15ClN5+. The maximum atomic E-state index is 5.59. The Bertz CT molecular complexity index is 496. The summed E-state index contributed by atoms with van der Waals surface area (Å²) in [5, 5.41) is 8.31. The minimum atomic E-state index is 0. The largest absolute Gasteiger partial charge is 0.421 e. The molecule has 0 aliphatic heterocycles. The highest BCUT2D eigenvalue weighted by Crippen LogP contribution is 2.16. The predicted octanol–water partition coefficient (Wildman–Crippen LogP) is 2.27. The van der Waals surface area contributed by atoms with E-state index in [1.807, 2.05) is 47.8 Å². The highest BCUT2D eigenvalue weighted by molar-refractivity contribution is 5.85. The third-order valence-corrected chi connectivity index (χ3v) is 2.29. The molecule has 0 amide bonds. The van der Waals surface area contributed by atoms with Crippen LogP contribution in [0.1, 0.15) is 0 Å². The summed E-state index contributed by atoms with van der Waals surface area (Å²) >= 11 is 0. The van der Waals surface area contributed by atoms with Gasteiger partial charge in [0.2, 0.25) is 0 Å². The average Bonchev–Trinajstić information content (AvgIpc) is 2.59. The second-order valence-electron chi connectivity index (χ2n) is 3.61. The van der Waals surface area contributed by atoms with Crippen molar-refractivity contribution in [3.05, 3.63) is 36.7 Å². The van der Waals surface area contributed by atoms with Crippen LogP contribution >= 0.6 is 12.4 Å². The van der Waals surface area contributed by atoms with Crippen molar-refractivity contribution < 1.29 is 4.57 Å². The number of nitrogens with zero attached hydrogens (tertiary/aromatic N) is 4. The zero-order valence-electron chi connectivity index (χ0n) is 9.74. The summed E-state index contributed by atoms with van der Waals surface area (Å²) in [5.41, 5.74) is 7.10. The number of aromatic nitrogens is 2. The molecule has 0 unspecified atom stereocenters. The minimum absolute atomic E-state index is 0. The Hall–Kier alpha value is -1.88. The third-order valence-electron chi connectivity index (χ3n) is 2.29. The van der Waals surface area contributed by atoms with Gasteiger partial charge in [0.25, 0.3) is 0 Å². The highest BCUT2D eigenvalue weighted by atomic mass is 35.5. The maximum Gasteiger partial charge on any atom is 0.421 e. The summed E-state index contributed by atoms with van der Waals surface area (Å²) in [6, 6.07) is 7.28. The number of hydrogen-bond donors (Lipinski definition) is 1. The number of benzene rings is 1. The van der Waals surface area contributed by atoms with Crippen molar-refractivity contribution in [2.24, 2.45) is 24.3 Å². The number of imidazole rings is 1. The van der Waals surface area contributed by atoms with Gasteiger partial charge in [0, 0.05) is 10.8 Å². The van der Waals surface area contributed by atoms with E-state index < -0.39 is 0 Å². The predicted molar refractivity (Wildman–Crippen MR) is 68.9 cm³/mol. The first-order chi connectivity index (χ1) is 7.66. The monoisotopic (exact) mass is 252 g/mol. The summed E-state index contributed by atoms with van der Waals surface area (Å²) in [4.78, 5) is 0. The first kappa shape index (κ1) is 13.2. The number of halogens is 1. The van der Waals surface area contributed by atoms with E-state index in [9.17, 15) is 0 Å². The molecule has 0 saturated carbocycles. The molecule has 0 bridgehead atoms. The fourth-order valence-corrected chi connectivity index (χ4v) is 1.37. The van der Waals surface area contributed by atoms with Crippen LogP contribution in [0, 0.1) is 0 Å². The lowest BCUT2D eigenvalue weighted by Gasteiger charge is -1.91. The third kappa shape index (κ3) is 3.04. The minimum Gasteiger partial charge on any atom is -0.399 e. The first-order valence-electron chi connectivity index (χ1n) is 4.95. The summed E-state index contributed by atoms with van der Waals surface area (Å²) < 4.78 is 3.81. The summed E-state index contributed by atoms with van der Waals surface area (Å²) in [6.45, 7) is 0. The Morgan fingerprint density at radius 1 is 1.18 bits per heavy atom. The normalized spacial score (nSPS) is 10.5. The molecule has 1 aromatic heterocycles. The van der Waals surface area contributed by atoms with Gasteiger partial charge in [-0.1, -0.05) is 5.11 Å². The van der Waals surface area contributed by atoms with Gasteiger partial charge in [-0.3, -0.25) is 0 Å². The van der Waals surface area contributed by atoms with Crippen LogP contribution in [-0.4, -0.2) is 4.57 Å². The van der Waals surface area contributed by atoms with E-state index in [4.69, 9.17) is 5.73 Å². The fourth-order valence-electron chi connectivity index (χ4n) is 1.37. The molecule has 1 heterocycles. The lowest BCUT2D eigenvalue weighted by atomic mass is 10.3. The van der Waals surface area contributed by atoms with Crippen LogP contribution in [0.5, 0.6) is 0 Å². The highest BCUT2D eigenvalue weighted by Gasteiger charge is 2.09. The molecule has 2 aromatic rings. The maximum absolute atomic E-state index is 5.59. The molecule has 2 N–H and O–H groups in total. The Morgan fingerprint density at radius 3 is 2.35 bits per heavy atom. The van der Waals surface area contributed by atoms with Gasteiger partial charge in [0.05, 0.1) is 26.5 Å². The molecule has 2 rings (SSSR count). The molecule has 5 nitrogen and oxygen atoms in total. The zero-order valence-corrected chi connectivity index (χ0v) is 10.6. The SMILES string of the molecule is Cl.Cn1cc[n+](C)c1N=Nc1ccc(N)cc1. The van der Waals surface area contributed by atoms with Crippen molar-refractivity contribution in [2.45, 2.75) is 0 Å². The smallest absolute Gasteiger partial charge is 0.399 e. The Labute approximate surface area is 106 Å². The van der Waals surface area contributed by atoms with E-state index in [-0.39, 0.29) is 12.4 Å². The van der Waals surface area contributed by atoms with Gasteiger partial charge >= 0.3 is 5.95 Å². The van der Waals surface area contributed by atoms with Crippen molar-refractivity contribution in [2.75, 3.05) is 5.73 Å². The van der Waals surface area contributed by atoms with Crippen LogP contribution in [-0.2, 0) is 14.1 Å². The average molecular weight is 253 g/mol. The number of nitrogen functional groups attached to an aromatic ring is 1. The van der Waals surface area contributed by atoms with Crippen molar-refractivity contribution in [1.29, 1.82) is 0 Å². The van der Waals surface area contributed by atoms with Gasteiger partial charge in [0.15, 0.2) is 0 Å². The molecule has 0 aliphatic rings. The lowest BCUT2D eigenvalue weighted by molar-refractivity contribution is -0.657. The summed E-state index contributed by atoms with van der Waals surface area (Å²) in [6.07, 6.45) is 3.86. The second kappa shape index (κ2) is 5.45. The van der Waals surface area contributed by atoms with E-state index in [0.29, 0.717) is 0 Å². The Balaban J connectivity index is 0.00000144. The summed E-state index contributed by atoms with van der Waals surface area (Å²) in [5.74, 6) is 0.789. The zero-order chi connectivity index (χ0) is 11.5. The molecule has 17 heavy (non-hydrogen) atoms. The van der Waals surface area contributed by atoms with Gasteiger partial charge in [-0.15, -0.1) is 12.4 Å². The molecule has 6 heteroatoms. The molecule has 1 aromatic carbocycles. The molecular weight excluding hydrogens is 238 g/mol. The first-order valence-corrected chi connectivity index (χ1v) is 4.95. The van der Waals surface area contributed by atoms with E-state index >= 15 is 0 Å². The van der Waals surface area contributed by atoms with Crippen molar-refractivity contribution in [1.82, 2.24) is 4.57 Å². The molecule has 0 saturated heterocycles. The molecule has 0 radical (unpaired) electrons. The number of nitrogens with two attached hydrogens (primary N) is 1. The molecule has 0 spiro atoms. The van der Waals surface area contributed by atoms with E-state index in [0.717, 1.165) is 17.3 Å². The van der Waals surface area contributed by atoms with E-state index in [2.05, 4.69) is 10.2 Å². The van der Waals surface area contributed by atoms with Crippen molar-refractivity contribution in [3.8, 4) is 0 Å². The Kier molecular flexibility index (Phi) is 4.23. The van der Waals surface area contributed by atoms with Crippen LogP contribution in [0.15, 0.2) is 46.9 Å². The number of aryl methyl sites for hydroxylation is 2. The van der Waals surface area contributed by atoms with Crippen LogP contribution in [0.4, 0.5) is 17.3 Å². The molecule has 0 aliphatic carbocycles. The number of anilines is 1. The van der Waals surface area contributed by atoms with Crippen LogP contribution in [0.3, 0.4) is 0 Å². The number of hydrogen-bond acceptors (Lipinski definition) is 3. The number of azo groups is 1. The fraction of sp³-hybridized carbons (Fsp3) is 0.182. The van der Waals surface area contributed by atoms with Gasteiger partial charge < -0.3 is 5.73 Å². The van der Waals surface area contributed by atoms with Gasteiger partial charge in [-0.25, -0.2) is 9.13 Å². The molecule has 90 valence electrons. The van der Waals surface area contributed by atoms with Crippen molar-refractivity contribution in [3.63, 3.8) is 0 Å². The quantitative estimate of drug-likeness (QED) is 0.498. The summed E-state index contributed by atoms with van der Waals surface area (Å²) in [7, 11) is 3.86. The van der Waals surface area contributed by atoms with Crippen LogP contribution in [0.25, 0.3) is 0 Å². The second-order valence-corrected chi connectivity index (χ2v) is 3.61. The van der Waals surface area contributed by atoms with Crippen LogP contribution < -0.4 is 10.3 Å². The Morgan fingerprint density at radius 2 is 1.82 bits per heavy atom. The molecule has 0 fully saturated rings. The standard InChI is InChI=1S/C11H13N5.ClH/c1-15-7-8-16(2)11(15)14-13-10-5-3-9(12)4-6-10;/h3-8,12H,1-2H3;1H/p+1.